The standard InChI is InChI=1S/C17H28O4/c1-3-4-5-6-7-8-9-10-11-12-15-21-17(19)14-13-16(18)20-2/h3-12,15H2,1-2H3. The minimum absolute atomic E-state index is 0.366. The summed E-state index contributed by atoms with van der Waals surface area (Å²) in [5, 5.41) is 0. The number of hydrogen-bond acceptors (Lipinski definition) is 4. The predicted octanol–water partition coefficient (Wildman–Crippen LogP) is 3.63. The van der Waals surface area contributed by atoms with E-state index in [1.54, 1.807) is 0 Å². The first-order valence-electron chi connectivity index (χ1n) is 7.97. The smallest absolute Gasteiger partial charge is 0.384 e. The van der Waals surface area contributed by atoms with Gasteiger partial charge in [-0.25, -0.2) is 9.59 Å². The van der Waals surface area contributed by atoms with Gasteiger partial charge in [-0.2, -0.15) is 0 Å². The van der Waals surface area contributed by atoms with Crippen molar-refractivity contribution in [3.8, 4) is 11.8 Å². The lowest BCUT2D eigenvalue weighted by Crippen LogP contribution is -2.04. The van der Waals surface area contributed by atoms with Gasteiger partial charge in [-0.05, 0) is 6.42 Å². The van der Waals surface area contributed by atoms with E-state index in [-0.39, 0.29) is 0 Å². The van der Waals surface area contributed by atoms with Gasteiger partial charge in [-0.3, -0.25) is 0 Å². The zero-order chi connectivity index (χ0) is 15.8. The second kappa shape index (κ2) is 14.9. The van der Waals surface area contributed by atoms with Gasteiger partial charge in [0, 0.05) is 11.8 Å². The number of carbonyl (C=O) groups is 2. The number of ether oxygens (including phenoxy) is 2. The molecule has 0 heterocycles. The largest absolute Gasteiger partial charge is 0.459 e. The van der Waals surface area contributed by atoms with Crippen LogP contribution >= 0.6 is 0 Å². The van der Waals surface area contributed by atoms with Gasteiger partial charge >= 0.3 is 11.9 Å². The SMILES string of the molecule is CCCCCCCCCCCCOC(=O)C#CC(=O)OC. The van der Waals surface area contributed by atoms with E-state index < -0.39 is 11.9 Å². The molecule has 0 aromatic heterocycles. The van der Waals surface area contributed by atoms with E-state index in [1.807, 2.05) is 5.92 Å². The summed E-state index contributed by atoms with van der Waals surface area (Å²) in [6.07, 6.45) is 12.3. The molecule has 0 bridgehead atoms. The zero-order valence-electron chi connectivity index (χ0n) is 13.4. The van der Waals surface area contributed by atoms with Crippen molar-refractivity contribution in [3.63, 3.8) is 0 Å². The van der Waals surface area contributed by atoms with Crippen molar-refractivity contribution < 1.29 is 19.1 Å². The van der Waals surface area contributed by atoms with E-state index in [2.05, 4.69) is 17.6 Å². The molecule has 0 rings (SSSR count). The zero-order valence-corrected chi connectivity index (χ0v) is 13.4. The topological polar surface area (TPSA) is 52.6 Å². The summed E-state index contributed by atoms with van der Waals surface area (Å²) in [6.45, 7) is 2.60. The van der Waals surface area contributed by atoms with Crippen LogP contribution in [0.15, 0.2) is 0 Å². The van der Waals surface area contributed by atoms with Gasteiger partial charge in [-0.1, -0.05) is 64.7 Å². The molecule has 0 saturated heterocycles. The predicted molar refractivity (Wildman–Crippen MR) is 82.6 cm³/mol. The highest BCUT2D eigenvalue weighted by atomic mass is 16.5. The molecule has 0 aliphatic carbocycles. The van der Waals surface area contributed by atoms with Crippen LogP contribution in [0.5, 0.6) is 0 Å². The molecule has 0 amide bonds. The van der Waals surface area contributed by atoms with Crippen molar-refractivity contribution in [2.75, 3.05) is 13.7 Å². The van der Waals surface area contributed by atoms with Crippen molar-refractivity contribution in [2.45, 2.75) is 71.1 Å². The number of unbranched alkanes of at least 4 members (excludes halogenated alkanes) is 9. The fourth-order valence-corrected chi connectivity index (χ4v) is 1.94. The Morgan fingerprint density at radius 3 is 1.76 bits per heavy atom. The molecule has 0 saturated carbocycles. The van der Waals surface area contributed by atoms with Crippen molar-refractivity contribution >= 4 is 11.9 Å². The fraction of sp³-hybridized carbons (Fsp3) is 0.765. The fourth-order valence-electron chi connectivity index (χ4n) is 1.94. The Hall–Kier alpha value is -1.50. The average molecular weight is 296 g/mol. The number of rotatable bonds is 11. The first kappa shape index (κ1) is 19.5. The molecule has 0 aromatic carbocycles. The third kappa shape index (κ3) is 14.7. The van der Waals surface area contributed by atoms with Crippen LogP contribution in [0.1, 0.15) is 71.1 Å². The van der Waals surface area contributed by atoms with Gasteiger partial charge in [-0.15, -0.1) is 0 Å². The summed E-state index contributed by atoms with van der Waals surface area (Å²) in [7, 11) is 1.21. The highest BCUT2D eigenvalue weighted by Gasteiger charge is 1.99. The first-order valence-corrected chi connectivity index (χ1v) is 7.97. The Labute approximate surface area is 128 Å². The lowest BCUT2D eigenvalue weighted by Gasteiger charge is -2.02. The molecule has 0 aliphatic rings. The second-order valence-electron chi connectivity index (χ2n) is 5.06. The Balaban J connectivity index is 3.30. The maximum absolute atomic E-state index is 11.1. The van der Waals surface area contributed by atoms with Crippen LogP contribution in [0.4, 0.5) is 0 Å². The molecule has 0 radical (unpaired) electrons. The summed E-state index contributed by atoms with van der Waals surface area (Å²) in [5.41, 5.74) is 0. The molecule has 0 aliphatic heterocycles. The second-order valence-corrected chi connectivity index (χ2v) is 5.06. The molecule has 21 heavy (non-hydrogen) atoms. The molecule has 0 fully saturated rings. The van der Waals surface area contributed by atoms with Gasteiger partial charge < -0.3 is 9.47 Å². The lowest BCUT2D eigenvalue weighted by atomic mass is 10.1. The normalized spacial score (nSPS) is 9.62. The first-order chi connectivity index (χ1) is 10.2. The van der Waals surface area contributed by atoms with Crippen LogP contribution in [-0.4, -0.2) is 25.7 Å². The van der Waals surface area contributed by atoms with Crippen LogP contribution in [0, 0.1) is 11.8 Å². The highest BCUT2D eigenvalue weighted by Crippen LogP contribution is 2.10. The Bertz CT molecular complexity index is 338. The number of hydrogen-bond donors (Lipinski definition) is 0. The van der Waals surface area contributed by atoms with E-state index in [0.717, 1.165) is 12.8 Å². The van der Waals surface area contributed by atoms with E-state index in [9.17, 15) is 9.59 Å². The molecule has 4 nitrogen and oxygen atoms in total. The number of carbonyl (C=O) groups excluding carboxylic acids is 2. The summed E-state index contributed by atoms with van der Waals surface area (Å²) >= 11 is 0. The molecule has 0 unspecified atom stereocenters. The molecular formula is C17H28O4. The van der Waals surface area contributed by atoms with E-state index in [4.69, 9.17) is 4.74 Å². The van der Waals surface area contributed by atoms with Gasteiger partial charge in [0.2, 0.25) is 0 Å². The van der Waals surface area contributed by atoms with Crippen LogP contribution in [0.3, 0.4) is 0 Å². The Morgan fingerprint density at radius 1 is 0.762 bits per heavy atom. The minimum Gasteiger partial charge on any atom is -0.459 e. The molecule has 0 spiro atoms. The Kier molecular flexibility index (Phi) is 13.8. The van der Waals surface area contributed by atoms with Gasteiger partial charge in [0.25, 0.3) is 0 Å². The van der Waals surface area contributed by atoms with Crippen molar-refractivity contribution in [2.24, 2.45) is 0 Å². The number of methoxy groups -OCH3 is 1. The Morgan fingerprint density at radius 2 is 1.24 bits per heavy atom. The molecule has 0 atom stereocenters. The molecule has 0 aromatic rings. The summed E-state index contributed by atoms with van der Waals surface area (Å²) in [4.78, 5) is 21.8. The van der Waals surface area contributed by atoms with E-state index >= 15 is 0 Å². The van der Waals surface area contributed by atoms with Crippen LogP contribution in [-0.2, 0) is 19.1 Å². The average Bonchev–Trinajstić information content (AvgIpc) is 2.50. The van der Waals surface area contributed by atoms with Gasteiger partial charge in [0.05, 0.1) is 13.7 Å². The monoisotopic (exact) mass is 296 g/mol. The molecule has 4 heteroatoms. The van der Waals surface area contributed by atoms with Gasteiger partial charge in [0.1, 0.15) is 0 Å². The highest BCUT2D eigenvalue weighted by molar-refractivity contribution is 5.98. The lowest BCUT2D eigenvalue weighted by molar-refractivity contribution is -0.137. The quantitative estimate of drug-likeness (QED) is 0.253. The third-order valence-corrected chi connectivity index (χ3v) is 3.18. The van der Waals surface area contributed by atoms with Crippen LogP contribution < -0.4 is 0 Å². The summed E-state index contributed by atoms with van der Waals surface area (Å²) in [6, 6.07) is 0. The maximum Gasteiger partial charge on any atom is 0.384 e. The van der Waals surface area contributed by atoms with Crippen molar-refractivity contribution in [3.05, 3.63) is 0 Å². The number of esters is 2. The summed E-state index contributed by atoms with van der Waals surface area (Å²) in [5.74, 6) is 2.72. The molecular weight excluding hydrogens is 268 g/mol. The maximum atomic E-state index is 11.1. The van der Waals surface area contributed by atoms with Crippen LogP contribution in [0.2, 0.25) is 0 Å². The molecule has 120 valence electrons. The van der Waals surface area contributed by atoms with E-state index in [0.29, 0.717) is 6.61 Å². The van der Waals surface area contributed by atoms with E-state index in [1.165, 1.54) is 58.5 Å². The van der Waals surface area contributed by atoms with Crippen LogP contribution in [0.25, 0.3) is 0 Å². The van der Waals surface area contributed by atoms with Crippen molar-refractivity contribution in [1.82, 2.24) is 0 Å². The minimum atomic E-state index is -0.731. The third-order valence-electron chi connectivity index (χ3n) is 3.18. The van der Waals surface area contributed by atoms with Gasteiger partial charge in [0.15, 0.2) is 0 Å². The summed E-state index contributed by atoms with van der Waals surface area (Å²) < 4.78 is 9.18. The van der Waals surface area contributed by atoms with Crippen molar-refractivity contribution in [1.29, 1.82) is 0 Å². The molecule has 0 N–H and O–H groups in total.